The van der Waals surface area contributed by atoms with Gasteiger partial charge >= 0.3 is 5.69 Å². The number of aliphatic hydroxyl groups is 1. The molecule has 0 radical (unpaired) electrons. The molecule has 0 spiro atoms. The standard InChI is InChI=1S/C12H15NO5/c1-17-10-6-8(12(7-14)3-4-12)5-9(13(15)16)11(10)18-2/h5-6,14H,3-4,7H2,1-2H3. The van der Waals surface area contributed by atoms with E-state index in [1.54, 1.807) is 6.07 Å². The smallest absolute Gasteiger partial charge is 0.315 e. The van der Waals surface area contributed by atoms with Crippen LogP contribution in [0.3, 0.4) is 0 Å². The van der Waals surface area contributed by atoms with Gasteiger partial charge in [-0.25, -0.2) is 0 Å². The first-order valence-corrected chi connectivity index (χ1v) is 5.60. The molecule has 0 heterocycles. The van der Waals surface area contributed by atoms with Crippen LogP contribution in [0.15, 0.2) is 12.1 Å². The topological polar surface area (TPSA) is 81.8 Å². The maximum Gasteiger partial charge on any atom is 0.315 e. The van der Waals surface area contributed by atoms with Gasteiger partial charge in [0.2, 0.25) is 5.75 Å². The van der Waals surface area contributed by atoms with E-state index in [0.29, 0.717) is 5.75 Å². The molecular formula is C12H15NO5. The van der Waals surface area contributed by atoms with E-state index in [1.807, 2.05) is 0 Å². The average molecular weight is 253 g/mol. The summed E-state index contributed by atoms with van der Waals surface area (Å²) < 4.78 is 10.1. The van der Waals surface area contributed by atoms with Crippen LogP contribution in [0.5, 0.6) is 11.5 Å². The zero-order chi connectivity index (χ0) is 13.3. The van der Waals surface area contributed by atoms with Crippen molar-refractivity contribution in [3.63, 3.8) is 0 Å². The van der Waals surface area contributed by atoms with Crippen LogP contribution in [0.1, 0.15) is 18.4 Å². The van der Waals surface area contributed by atoms with E-state index in [2.05, 4.69) is 0 Å². The number of benzene rings is 1. The van der Waals surface area contributed by atoms with Gasteiger partial charge < -0.3 is 14.6 Å². The highest BCUT2D eigenvalue weighted by atomic mass is 16.6. The normalized spacial score (nSPS) is 16.2. The average Bonchev–Trinajstić information content (AvgIpc) is 3.17. The van der Waals surface area contributed by atoms with Crippen molar-refractivity contribution in [2.75, 3.05) is 20.8 Å². The Morgan fingerprint density at radius 3 is 2.44 bits per heavy atom. The number of methoxy groups -OCH3 is 2. The van der Waals surface area contributed by atoms with Crippen molar-refractivity contribution in [1.29, 1.82) is 0 Å². The molecule has 6 nitrogen and oxygen atoms in total. The van der Waals surface area contributed by atoms with Gasteiger partial charge in [0.15, 0.2) is 5.75 Å². The monoisotopic (exact) mass is 253 g/mol. The second-order valence-corrected chi connectivity index (χ2v) is 4.43. The van der Waals surface area contributed by atoms with Crippen LogP contribution >= 0.6 is 0 Å². The first-order chi connectivity index (χ1) is 8.57. The van der Waals surface area contributed by atoms with E-state index in [-0.39, 0.29) is 23.5 Å². The number of rotatable bonds is 5. The highest BCUT2D eigenvalue weighted by molar-refractivity contribution is 5.60. The van der Waals surface area contributed by atoms with Gasteiger partial charge in [0, 0.05) is 11.5 Å². The minimum atomic E-state index is -0.502. The van der Waals surface area contributed by atoms with E-state index in [4.69, 9.17) is 9.47 Å². The van der Waals surface area contributed by atoms with E-state index >= 15 is 0 Å². The maximum atomic E-state index is 11.0. The third-order valence-electron chi connectivity index (χ3n) is 3.42. The van der Waals surface area contributed by atoms with Gasteiger partial charge in [-0.15, -0.1) is 0 Å². The molecule has 1 aliphatic rings. The van der Waals surface area contributed by atoms with Gasteiger partial charge in [-0.05, 0) is 24.5 Å². The molecule has 2 rings (SSSR count). The lowest BCUT2D eigenvalue weighted by atomic mass is 9.96. The van der Waals surface area contributed by atoms with Gasteiger partial charge in [-0.1, -0.05) is 0 Å². The maximum absolute atomic E-state index is 11.0. The molecule has 18 heavy (non-hydrogen) atoms. The Hall–Kier alpha value is -1.82. The highest BCUT2D eigenvalue weighted by Crippen LogP contribution is 2.51. The van der Waals surface area contributed by atoms with Crippen molar-refractivity contribution in [2.24, 2.45) is 0 Å². The first-order valence-electron chi connectivity index (χ1n) is 5.60. The Morgan fingerprint density at radius 2 is 2.06 bits per heavy atom. The molecule has 0 unspecified atom stereocenters. The Labute approximate surface area is 104 Å². The molecule has 0 bridgehead atoms. The summed E-state index contributed by atoms with van der Waals surface area (Å²) in [5, 5.41) is 20.4. The molecule has 1 aromatic carbocycles. The zero-order valence-electron chi connectivity index (χ0n) is 10.3. The Morgan fingerprint density at radius 1 is 1.39 bits per heavy atom. The first kappa shape index (κ1) is 12.6. The van der Waals surface area contributed by atoms with E-state index < -0.39 is 4.92 Å². The van der Waals surface area contributed by atoms with E-state index in [1.165, 1.54) is 20.3 Å². The van der Waals surface area contributed by atoms with Crippen molar-refractivity contribution in [3.05, 3.63) is 27.8 Å². The highest BCUT2D eigenvalue weighted by Gasteiger charge is 2.45. The van der Waals surface area contributed by atoms with Crippen molar-refractivity contribution in [2.45, 2.75) is 18.3 Å². The van der Waals surface area contributed by atoms with Crippen molar-refractivity contribution >= 4 is 5.69 Å². The number of ether oxygens (including phenoxy) is 2. The number of aliphatic hydroxyl groups excluding tert-OH is 1. The molecule has 0 aliphatic heterocycles. The lowest BCUT2D eigenvalue weighted by Crippen LogP contribution is -2.13. The van der Waals surface area contributed by atoms with Crippen LogP contribution in [-0.2, 0) is 5.41 Å². The molecule has 6 heteroatoms. The SMILES string of the molecule is COc1cc(C2(CO)CC2)cc([N+](=O)[O-])c1OC. The predicted molar refractivity (Wildman–Crippen MR) is 64.2 cm³/mol. The number of nitrogens with zero attached hydrogens (tertiary/aromatic N) is 1. The quantitative estimate of drug-likeness (QED) is 0.637. The van der Waals surface area contributed by atoms with E-state index in [0.717, 1.165) is 18.4 Å². The fraction of sp³-hybridized carbons (Fsp3) is 0.500. The Balaban J connectivity index is 2.57. The van der Waals surface area contributed by atoms with Crippen LogP contribution < -0.4 is 9.47 Å². The van der Waals surface area contributed by atoms with Gasteiger partial charge in [-0.3, -0.25) is 10.1 Å². The molecule has 1 fully saturated rings. The molecule has 0 aromatic heterocycles. The fourth-order valence-corrected chi connectivity index (χ4v) is 2.08. The Bertz CT molecular complexity index is 482. The summed E-state index contributed by atoms with van der Waals surface area (Å²) in [4.78, 5) is 10.5. The molecule has 1 saturated carbocycles. The lowest BCUT2D eigenvalue weighted by molar-refractivity contribution is -0.385. The minimum absolute atomic E-state index is 0.0142. The van der Waals surface area contributed by atoms with Gasteiger partial charge in [0.25, 0.3) is 0 Å². The van der Waals surface area contributed by atoms with Crippen LogP contribution in [0.4, 0.5) is 5.69 Å². The summed E-state index contributed by atoms with van der Waals surface area (Å²) >= 11 is 0. The second kappa shape index (κ2) is 4.45. The largest absolute Gasteiger partial charge is 0.493 e. The van der Waals surface area contributed by atoms with Crippen LogP contribution in [0.2, 0.25) is 0 Å². The minimum Gasteiger partial charge on any atom is -0.493 e. The zero-order valence-corrected chi connectivity index (χ0v) is 10.3. The van der Waals surface area contributed by atoms with Crippen LogP contribution in [-0.4, -0.2) is 30.9 Å². The summed E-state index contributed by atoms with van der Waals surface area (Å²) in [6.07, 6.45) is 1.66. The van der Waals surface area contributed by atoms with Crippen molar-refractivity contribution < 1.29 is 19.5 Å². The number of nitro benzene ring substituents is 1. The second-order valence-electron chi connectivity index (χ2n) is 4.43. The third-order valence-corrected chi connectivity index (χ3v) is 3.42. The molecule has 1 aliphatic carbocycles. The van der Waals surface area contributed by atoms with Crippen molar-refractivity contribution in [1.82, 2.24) is 0 Å². The fourth-order valence-electron chi connectivity index (χ4n) is 2.08. The molecule has 0 atom stereocenters. The summed E-state index contributed by atoms with van der Waals surface area (Å²) in [7, 11) is 2.80. The Kier molecular flexibility index (Phi) is 3.13. The summed E-state index contributed by atoms with van der Waals surface area (Å²) in [6.45, 7) is -0.0142. The number of hydrogen-bond acceptors (Lipinski definition) is 5. The van der Waals surface area contributed by atoms with Gasteiger partial charge in [-0.2, -0.15) is 0 Å². The molecule has 1 aromatic rings. The predicted octanol–water partition coefficient (Wildman–Crippen LogP) is 1.64. The third kappa shape index (κ3) is 1.88. The summed E-state index contributed by atoms with van der Waals surface area (Å²) in [5.41, 5.74) is 0.255. The lowest BCUT2D eigenvalue weighted by Gasteiger charge is -2.15. The molecule has 98 valence electrons. The molecular weight excluding hydrogens is 238 g/mol. The molecule has 0 saturated heterocycles. The van der Waals surface area contributed by atoms with Crippen LogP contribution in [0.25, 0.3) is 0 Å². The summed E-state index contributed by atoms with van der Waals surface area (Å²) in [5.74, 6) is 0.432. The summed E-state index contributed by atoms with van der Waals surface area (Å²) in [6, 6.07) is 3.17. The van der Waals surface area contributed by atoms with E-state index in [9.17, 15) is 15.2 Å². The van der Waals surface area contributed by atoms with Gasteiger partial charge in [0.1, 0.15) is 0 Å². The van der Waals surface area contributed by atoms with Crippen LogP contribution in [0, 0.1) is 10.1 Å². The van der Waals surface area contributed by atoms with Crippen molar-refractivity contribution in [3.8, 4) is 11.5 Å². The molecule has 0 amide bonds. The number of nitro groups is 1. The van der Waals surface area contributed by atoms with Gasteiger partial charge in [0.05, 0.1) is 25.7 Å². The number of hydrogen-bond donors (Lipinski definition) is 1. The molecule has 1 N–H and O–H groups in total.